The highest BCUT2D eigenvalue weighted by Crippen LogP contribution is 2.49. The van der Waals surface area contributed by atoms with Gasteiger partial charge in [0.05, 0.1) is 18.7 Å². The second-order valence-corrected chi connectivity index (χ2v) is 5.96. The van der Waals surface area contributed by atoms with Crippen LogP contribution >= 0.6 is 15.9 Å². The van der Waals surface area contributed by atoms with Crippen molar-refractivity contribution in [1.82, 2.24) is 0 Å². The van der Waals surface area contributed by atoms with E-state index in [2.05, 4.69) is 22.0 Å². The molecule has 0 aliphatic rings. The number of methoxy groups -OCH3 is 2. The zero-order valence-electron chi connectivity index (χ0n) is 13.1. The van der Waals surface area contributed by atoms with Gasteiger partial charge in [0.2, 0.25) is 0 Å². The van der Waals surface area contributed by atoms with Gasteiger partial charge in [-0.2, -0.15) is 0 Å². The molecule has 0 atom stereocenters. The first-order valence-corrected chi connectivity index (χ1v) is 8.12. The summed E-state index contributed by atoms with van der Waals surface area (Å²) >= 11 is 3.71. The van der Waals surface area contributed by atoms with Gasteiger partial charge in [-0.15, -0.1) is 0 Å². The summed E-state index contributed by atoms with van der Waals surface area (Å²) in [5.74, 6) is 1.61. The summed E-state index contributed by atoms with van der Waals surface area (Å²) in [6.45, 7) is 0.459. The molecule has 0 saturated carbocycles. The van der Waals surface area contributed by atoms with Crippen LogP contribution in [0.3, 0.4) is 0 Å². The highest BCUT2D eigenvalue weighted by molar-refractivity contribution is 9.10. The minimum atomic E-state index is 0.459. The fourth-order valence-corrected chi connectivity index (χ4v) is 3.71. The number of hydrogen-bond donors (Lipinski definition) is 1. The van der Waals surface area contributed by atoms with Crippen molar-refractivity contribution in [2.24, 2.45) is 5.73 Å². The van der Waals surface area contributed by atoms with Crippen LogP contribution in [-0.2, 0) is 6.54 Å². The van der Waals surface area contributed by atoms with Gasteiger partial charge < -0.3 is 15.2 Å². The normalized spacial score (nSPS) is 10.8. The Labute approximate surface area is 144 Å². The SMILES string of the molecule is COc1c(Br)c(-c2ccccc2CN)c(OC)c2ccccc12. The first-order chi connectivity index (χ1) is 11.2. The maximum atomic E-state index is 5.93. The molecule has 3 rings (SSSR count). The molecule has 0 saturated heterocycles. The van der Waals surface area contributed by atoms with E-state index in [1.807, 2.05) is 42.5 Å². The van der Waals surface area contributed by atoms with Crippen LogP contribution in [0.1, 0.15) is 5.56 Å². The van der Waals surface area contributed by atoms with Crippen LogP contribution in [0.5, 0.6) is 11.5 Å². The van der Waals surface area contributed by atoms with Crippen molar-refractivity contribution < 1.29 is 9.47 Å². The summed E-state index contributed by atoms with van der Waals surface area (Å²) < 4.78 is 12.3. The van der Waals surface area contributed by atoms with Gasteiger partial charge in [0.25, 0.3) is 0 Å². The third kappa shape index (κ3) is 2.58. The fourth-order valence-electron chi connectivity index (χ4n) is 2.94. The molecule has 3 aromatic rings. The maximum absolute atomic E-state index is 5.93. The van der Waals surface area contributed by atoms with Crippen LogP contribution < -0.4 is 15.2 Å². The minimum absolute atomic E-state index is 0.459. The van der Waals surface area contributed by atoms with Crippen LogP contribution in [0.15, 0.2) is 53.0 Å². The lowest BCUT2D eigenvalue weighted by molar-refractivity contribution is 0.409. The van der Waals surface area contributed by atoms with Gasteiger partial charge in [0.15, 0.2) is 0 Å². The van der Waals surface area contributed by atoms with E-state index in [-0.39, 0.29) is 0 Å². The van der Waals surface area contributed by atoms with E-state index in [0.717, 1.165) is 43.4 Å². The Kier molecular flexibility index (Phi) is 4.55. The van der Waals surface area contributed by atoms with E-state index in [0.29, 0.717) is 6.54 Å². The van der Waals surface area contributed by atoms with Crippen LogP contribution in [0.4, 0.5) is 0 Å². The Hall–Kier alpha value is -2.04. The minimum Gasteiger partial charge on any atom is -0.495 e. The Bertz CT molecular complexity index is 861. The topological polar surface area (TPSA) is 44.5 Å². The molecule has 3 aromatic carbocycles. The Morgan fingerprint density at radius 3 is 2.04 bits per heavy atom. The maximum Gasteiger partial charge on any atom is 0.141 e. The molecule has 23 heavy (non-hydrogen) atoms. The van der Waals surface area contributed by atoms with E-state index in [1.54, 1.807) is 14.2 Å². The van der Waals surface area contributed by atoms with Gasteiger partial charge in [-0.25, -0.2) is 0 Å². The molecular weight excluding hydrogens is 354 g/mol. The number of fused-ring (bicyclic) bond motifs is 1. The fraction of sp³-hybridized carbons (Fsp3) is 0.158. The molecule has 0 fully saturated rings. The lowest BCUT2D eigenvalue weighted by Gasteiger charge is -2.19. The van der Waals surface area contributed by atoms with E-state index in [4.69, 9.17) is 15.2 Å². The van der Waals surface area contributed by atoms with Crippen LogP contribution in [-0.4, -0.2) is 14.2 Å². The molecular formula is C19H18BrNO2. The van der Waals surface area contributed by atoms with Crippen molar-refractivity contribution >= 4 is 26.7 Å². The molecule has 0 amide bonds. The van der Waals surface area contributed by atoms with Crippen molar-refractivity contribution in [3.8, 4) is 22.6 Å². The number of hydrogen-bond acceptors (Lipinski definition) is 3. The summed E-state index contributed by atoms with van der Waals surface area (Å²) in [7, 11) is 3.37. The summed E-state index contributed by atoms with van der Waals surface area (Å²) in [4.78, 5) is 0. The zero-order valence-corrected chi connectivity index (χ0v) is 14.7. The molecule has 0 bridgehead atoms. The van der Waals surface area contributed by atoms with Gasteiger partial charge in [-0.3, -0.25) is 0 Å². The van der Waals surface area contributed by atoms with Gasteiger partial charge in [-0.1, -0.05) is 48.5 Å². The Morgan fingerprint density at radius 2 is 1.43 bits per heavy atom. The first-order valence-electron chi connectivity index (χ1n) is 7.33. The predicted molar refractivity (Wildman–Crippen MR) is 98.1 cm³/mol. The lowest BCUT2D eigenvalue weighted by atomic mass is 9.95. The van der Waals surface area contributed by atoms with Crippen molar-refractivity contribution in [3.63, 3.8) is 0 Å². The van der Waals surface area contributed by atoms with E-state index in [9.17, 15) is 0 Å². The third-order valence-electron chi connectivity index (χ3n) is 3.98. The molecule has 0 aliphatic heterocycles. The van der Waals surface area contributed by atoms with Gasteiger partial charge >= 0.3 is 0 Å². The smallest absolute Gasteiger partial charge is 0.141 e. The molecule has 3 nitrogen and oxygen atoms in total. The number of nitrogens with two attached hydrogens (primary N) is 1. The molecule has 0 heterocycles. The monoisotopic (exact) mass is 371 g/mol. The van der Waals surface area contributed by atoms with Crippen molar-refractivity contribution in [2.45, 2.75) is 6.54 Å². The third-order valence-corrected chi connectivity index (χ3v) is 4.73. The Balaban J connectivity index is 2.47. The summed E-state index contributed by atoms with van der Waals surface area (Å²) in [5.41, 5.74) is 8.99. The van der Waals surface area contributed by atoms with Gasteiger partial charge in [0, 0.05) is 22.9 Å². The molecule has 0 aromatic heterocycles. The lowest BCUT2D eigenvalue weighted by Crippen LogP contribution is -2.01. The average Bonchev–Trinajstić information content (AvgIpc) is 2.60. The molecule has 118 valence electrons. The van der Waals surface area contributed by atoms with Crippen molar-refractivity contribution in [2.75, 3.05) is 14.2 Å². The summed E-state index contributed by atoms with van der Waals surface area (Å²) in [6.07, 6.45) is 0. The van der Waals surface area contributed by atoms with Crippen LogP contribution in [0.25, 0.3) is 21.9 Å². The average molecular weight is 372 g/mol. The van der Waals surface area contributed by atoms with Crippen molar-refractivity contribution in [1.29, 1.82) is 0 Å². The predicted octanol–water partition coefficient (Wildman–Crippen LogP) is 4.75. The van der Waals surface area contributed by atoms with Gasteiger partial charge in [-0.05, 0) is 27.1 Å². The highest BCUT2D eigenvalue weighted by atomic mass is 79.9. The quantitative estimate of drug-likeness (QED) is 0.719. The summed E-state index contributed by atoms with van der Waals surface area (Å²) in [5, 5.41) is 2.02. The molecule has 4 heteroatoms. The standard InChI is InChI=1S/C19H18BrNO2/c1-22-18-14-9-5-6-10-15(14)19(23-2)17(20)16(18)13-8-4-3-7-12(13)11-21/h3-10H,11,21H2,1-2H3. The van der Waals surface area contributed by atoms with Crippen LogP contribution in [0, 0.1) is 0 Å². The Morgan fingerprint density at radius 1 is 0.870 bits per heavy atom. The number of ether oxygens (including phenoxy) is 2. The molecule has 0 aliphatic carbocycles. The molecule has 0 radical (unpaired) electrons. The summed E-state index contributed by atoms with van der Waals surface area (Å²) in [6, 6.07) is 16.1. The van der Waals surface area contributed by atoms with E-state index in [1.165, 1.54) is 0 Å². The second-order valence-electron chi connectivity index (χ2n) is 5.16. The number of halogens is 1. The van der Waals surface area contributed by atoms with E-state index >= 15 is 0 Å². The molecule has 0 unspecified atom stereocenters. The first kappa shape index (κ1) is 15.8. The van der Waals surface area contributed by atoms with E-state index < -0.39 is 0 Å². The highest BCUT2D eigenvalue weighted by Gasteiger charge is 2.21. The molecule has 0 spiro atoms. The number of rotatable bonds is 4. The largest absolute Gasteiger partial charge is 0.495 e. The van der Waals surface area contributed by atoms with Crippen molar-refractivity contribution in [3.05, 3.63) is 58.6 Å². The zero-order chi connectivity index (χ0) is 16.4. The second kappa shape index (κ2) is 6.60. The van der Waals surface area contributed by atoms with Crippen LogP contribution in [0.2, 0.25) is 0 Å². The number of benzene rings is 3. The van der Waals surface area contributed by atoms with Gasteiger partial charge in [0.1, 0.15) is 11.5 Å². The molecule has 2 N–H and O–H groups in total.